The highest BCUT2D eigenvalue weighted by Crippen LogP contribution is 2.40. The Morgan fingerprint density at radius 2 is 2.20 bits per heavy atom. The van der Waals surface area contributed by atoms with Crippen molar-refractivity contribution in [3.8, 4) is 0 Å². The van der Waals surface area contributed by atoms with Gasteiger partial charge in [0.15, 0.2) is 5.13 Å². The summed E-state index contributed by atoms with van der Waals surface area (Å²) < 4.78 is 5.09. The second-order valence-electron chi connectivity index (χ2n) is 5.04. The first-order chi connectivity index (χ1) is 9.63. The lowest BCUT2D eigenvalue weighted by atomic mass is 10.0. The van der Waals surface area contributed by atoms with Crippen molar-refractivity contribution in [2.45, 2.75) is 24.8 Å². The van der Waals surface area contributed by atoms with E-state index in [1.807, 2.05) is 5.38 Å². The van der Waals surface area contributed by atoms with Crippen LogP contribution in [0.25, 0.3) is 0 Å². The zero-order chi connectivity index (χ0) is 14.1. The van der Waals surface area contributed by atoms with E-state index in [4.69, 9.17) is 9.84 Å². The molecule has 2 fully saturated rings. The molecule has 2 heterocycles. The molecule has 0 aromatic carbocycles. The molecule has 2 atom stereocenters. The molecule has 0 bridgehead atoms. The number of hydrogen-bond acceptors (Lipinski definition) is 5. The molecule has 1 aliphatic carbocycles. The molecule has 1 saturated carbocycles. The Morgan fingerprint density at radius 3 is 2.90 bits per heavy atom. The highest BCUT2D eigenvalue weighted by molar-refractivity contribution is 7.13. The number of carboxylic acids is 1. The Morgan fingerprint density at radius 1 is 1.40 bits per heavy atom. The Labute approximate surface area is 119 Å². The van der Waals surface area contributed by atoms with Crippen LogP contribution in [0.15, 0.2) is 5.38 Å². The summed E-state index contributed by atoms with van der Waals surface area (Å²) in [6.45, 7) is 0.346. The maximum Gasteiger partial charge on any atom is 0.321 e. The third kappa shape index (κ3) is 2.91. The highest BCUT2D eigenvalue weighted by Gasteiger charge is 2.35. The molecule has 3 N–H and O–H groups in total. The predicted octanol–water partition coefficient (Wildman–Crippen LogP) is 1.24. The van der Waals surface area contributed by atoms with Gasteiger partial charge < -0.3 is 15.2 Å². The minimum atomic E-state index is -0.960. The summed E-state index contributed by atoms with van der Waals surface area (Å²) in [5.41, 5.74) is 1.03. The van der Waals surface area contributed by atoms with Crippen molar-refractivity contribution in [3.05, 3.63) is 11.1 Å². The number of carbonyl (C=O) groups excluding carboxylic acids is 1. The molecular weight excluding hydrogens is 282 g/mol. The number of anilines is 1. The van der Waals surface area contributed by atoms with Gasteiger partial charge in [-0.1, -0.05) is 0 Å². The highest BCUT2D eigenvalue weighted by atomic mass is 32.1. The number of nitrogens with zero attached hydrogens (tertiary/aromatic N) is 1. The third-order valence-corrected chi connectivity index (χ3v) is 4.23. The standard InChI is InChI=1S/C12H15N3O4S/c16-10(17)7-3-19-4-8(7)13-11(18)15-12-14-9(5-20-12)6-1-2-6/h5-8H,1-4H2,(H,16,17)(H2,13,14,15,18). The van der Waals surface area contributed by atoms with E-state index in [0.717, 1.165) is 18.5 Å². The van der Waals surface area contributed by atoms with Crippen LogP contribution in [0.4, 0.5) is 9.93 Å². The van der Waals surface area contributed by atoms with Crippen LogP contribution >= 0.6 is 11.3 Å². The van der Waals surface area contributed by atoms with Crippen LogP contribution in [0.5, 0.6) is 0 Å². The normalized spacial score (nSPS) is 25.4. The molecule has 2 aliphatic rings. The first kappa shape index (κ1) is 13.3. The van der Waals surface area contributed by atoms with Crippen LogP contribution in [0.1, 0.15) is 24.5 Å². The molecule has 2 unspecified atom stereocenters. The van der Waals surface area contributed by atoms with Crippen molar-refractivity contribution < 1.29 is 19.4 Å². The van der Waals surface area contributed by atoms with Gasteiger partial charge in [0, 0.05) is 11.3 Å². The molecule has 3 rings (SSSR count). The van der Waals surface area contributed by atoms with E-state index in [-0.39, 0.29) is 13.2 Å². The van der Waals surface area contributed by atoms with Crippen LogP contribution in [-0.4, -0.2) is 41.3 Å². The van der Waals surface area contributed by atoms with Crippen molar-refractivity contribution in [1.29, 1.82) is 0 Å². The molecule has 7 nitrogen and oxygen atoms in total. The van der Waals surface area contributed by atoms with Crippen molar-refractivity contribution >= 4 is 28.5 Å². The maximum atomic E-state index is 11.8. The van der Waals surface area contributed by atoms with Gasteiger partial charge in [0.25, 0.3) is 0 Å². The van der Waals surface area contributed by atoms with E-state index in [1.165, 1.54) is 11.3 Å². The summed E-state index contributed by atoms with van der Waals surface area (Å²) >= 11 is 1.38. The van der Waals surface area contributed by atoms with Gasteiger partial charge in [-0.3, -0.25) is 10.1 Å². The minimum Gasteiger partial charge on any atom is -0.481 e. The van der Waals surface area contributed by atoms with Gasteiger partial charge in [0.05, 0.1) is 24.9 Å². The monoisotopic (exact) mass is 297 g/mol. The average Bonchev–Trinajstić information content (AvgIpc) is 2.96. The number of carboxylic acid groups (broad SMARTS) is 1. The molecule has 0 spiro atoms. The van der Waals surface area contributed by atoms with Crippen LogP contribution < -0.4 is 10.6 Å². The number of aromatic nitrogens is 1. The van der Waals surface area contributed by atoms with Gasteiger partial charge in [-0.2, -0.15) is 0 Å². The number of nitrogens with one attached hydrogen (secondary N) is 2. The first-order valence-corrected chi connectivity index (χ1v) is 7.35. The number of urea groups is 1. The van der Waals surface area contributed by atoms with E-state index >= 15 is 0 Å². The number of ether oxygens (including phenoxy) is 1. The van der Waals surface area contributed by atoms with E-state index in [0.29, 0.717) is 11.0 Å². The SMILES string of the molecule is O=C(Nc1nc(C2CC2)cs1)NC1COCC1C(=O)O. The number of aliphatic carboxylic acids is 1. The smallest absolute Gasteiger partial charge is 0.321 e. The van der Waals surface area contributed by atoms with E-state index in [2.05, 4.69) is 15.6 Å². The van der Waals surface area contributed by atoms with Crippen molar-refractivity contribution in [2.75, 3.05) is 18.5 Å². The summed E-state index contributed by atoms with van der Waals surface area (Å²) in [6, 6.07) is -0.946. The van der Waals surface area contributed by atoms with E-state index in [1.54, 1.807) is 0 Å². The van der Waals surface area contributed by atoms with Gasteiger partial charge in [0.1, 0.15) is 5.92 Å². The fraction of sp³-hybridized carbons (Fsp3) is 0.583. The molecule has 8 heteroatoms. The second-order valence-corrected chi connectivity index (χ2v) is 5.90. The second kappa shape index (κ2) is 5.37. The van der Waals surface area contributed by atoms with Crippen molar-refractivity contribution in [2.24, 2.45) is 5.92 Å². The lowest BCUT2D eigenvalue weighted by Crippen LogP contribution is -2.44. The lowest BCUT2D eigenvalue weighted by molar-refractivity contribution is -0.142. The molecule has 1 aromatic heterocycles. The largest absolute Gasteiger partial charge is 0.481 e. The zero-order valence-corrected chi connectivity index (χ0v) is 11.5. The predicted molar refractivity (Wildman–Crippen MR) is 72.0 cm³/mol. The third-order valence-electron chi connectivity index (χ3n) is 3.45. The average molecular weight is 297 g/mol. The molecule has 108 valence electrons. The van der Waals surface area contributed by atoms with Crippen LogP contribution in [-0.2, 0) is 9.53 Å². The molecule has 1 aromatic rings. The summed E-state index contributed by atoms with van der Waals surface area (Å²) in [7, 11) is 0. The van der Waals surface area contributed by atoms with Gasteiger partial charge in [-0.25, -0.2) is 9.78 Å². The molecule has 1 aliphatic heterocycles. The first-order valence-electron chi connectivity index (χ1n) is 6.47. The number of thiazole rings is 1. The minimum absolute atomic E-state index is 0.128. The number of rotatable bonds is 4. The Hall–Kier alpha value is -1.67. The van der Waals surface area contributed by atoms with Gasteiger partial charge in [-0.15, -0.1) is 11.3 Å². The van der Waals surface area contributed by atoms with E-state index < -0.39 is 24.0 Å². The number of hydrogen-bond donors (Lipinski definition) is 3. The quantitative estimate of drug-likeness (QED) is 0.776. The zero-order valence-electron chi connectivity index (χ0n) is 10.7. The van der Waals surface area contributed by atoms with Crippen molar-refractivity contribution in [1.82, 2.24) is 10.3 Å². The summed E-state index contributed by atoms with van der Waals surface area (Å²) in [4.78, 5) is 27.1. The summed E-state index contributed by atoms with van der Waals surface area (Å²) in [5.74, 6) is -1.11. The molecule has 20 heavy (non-hydrogen) atoms. The number of amides is 2. The lowest BCUT2D eigenvalue weighted by Gasteiger charge is -2.15. The van der Waals surface area contributed by atoms with E-state index in [9.17, 15) is 9.59 Å². The fourth-order valence-electron chi connectivity index (χ4n) is 2.15. The fourth-order valence-corrected chi connectivity index (χ4v) is 2.94. The molecule has 2 amide bonds. The molecule has 1 saturated heterocycles. The Bertz CT molecular complexity index is 529. The van der Waals surface area contributed by atoms with Gasteiger partial charge in [0.2, 0.25) is 0 Å². The number of carbonyl (C=O) groups is 2. The topological polar surface area (TPSA) is 101 Å². The van der Waals surface area contributed by atoms with Crippen LogP contribution in [0, 0.1) is 5.92 Å². The van der Waals surface area contributed by atoms with Crippen LogP contribution in [0.2, 0.25) is 0 Å². The van der Waals surface area contributed by atoms with Gasteiger partial charge >= 0.3 is 12.0 Å². The summed E-state index contributed by atoms with van der Waals surface area (Å²) in [6.07, 6.45) is 2.32. The maximum absolute atomic E-state index is 11.8. The summed E-state index contributed by atoms with van der Waals surface area (Å²) in [5, 5.41) is 16.7. The Kier molecular flexibility index (Phi) is 3.58. The van der Waals surface area contributed by atoms with Gasteiger partial charge in [-0.05, 0) is 12.8 Å². The molecule has 0 radical (unpaired) electrons. The van der Waals surface area contributed by atoms with Crippen molar-refractivity contribution in [3.63, 3.8) is 0 Å². The Balaban J connectivity index is 1.54. The van der Waals surface area contributed by atoms with Crippen LogP contribution in [0.3, 0.4) is 0 Å². The molecular formula is C12H15N3O4S.